The monoisotopic (exact) mass is 154 g/mol. The molecule has 0 aromatic rings. The largest absolute Gasteiger partial charge is 0.374 e. The number of ketones is 1. The standard InChI is InChI=1S/C9H14O2/c1-2-3-9-5-4-8(10)6-7-11-9/h4-5,9H,2-3,6-7H2,1H3. The van der Waals surface area contributed by atoms with Crippen LogP contribution in [-0.4, -0.2) is 18.5 Å². The van der Waals surface area contributed by atoms with Crippen LogP contribution in [0.5, 0.6) is 0 Å². The fourth-order valence-electron chi connectivity index (χ4n) is 1.13. The molecule has 1 aliphatic heterocycles. The summed E-state index contributed by atoms with van der Waals surface area (Å²) in [5, 5.41) is 0. The Morgan fingerprint density at radius 2 is 2.55 bits per heavy atom. The third-order valence-electron chi connectivity index (χ3n) is 1.75. The zero-order valence-corrected chi connectivity index (χ0v) is 6.88. The molecule has 1 aliphatic rings. The lowest BCUT2D eigenvalue weighted by Gasteiger charge is -2.09. The molecule has 1 heterocycles. The maximum atomic E-state index is 10.9. The smallest absolute Gasteiger partial charge is 0.157 e. The lowest BCUT2D eigenvalue weighted by atomic mass is 10.2. The van der Waals surface area contributed by atoms with Crippen molar-refractivity contribution in [2.24, 2.45) is 0 Å². The molecule has 1 atom stereocenters. The van der Waals surface area contributed by atoms with Gasteiger partial charge in [0, 0.05) is 6.42 Å². The maximum Gasteiger partial charge on any atom is 0.157 e. The highest BCUT2D eigenvalue weighted by atomic mass is 16.5. The molecule has 0 saturated heterocycles. The van der Waals surface area contributed by atoms with Crippen molar-refractivity contribution in [3.63, 3.8) is 0 Å². The van der Waals surface area contributed by atoms with E-state index in [4.69, 9.17) is 4.74 Å². The molecule has 0 bridgehead atoms. The summed E-state index contributed by atoms with van der Waals surface area (Å²) in [6.07, 6.45) is 6.35. The van der Waals surface area contributed by atoms with Gasteiger partial charge in [-0.05, 0) is 12.5 Å². The van der Waals surface area contributed by atoms with Crippen LogP contribution in [0.4, 0.5) is 0 Å². The van der Waals surface area contributed by atoms with Gasteiger partial charge in [0.05, 0.1) is 12.7 Å². The minimum atomic E-state index is 0.173. The molecule has 0 aromatic carbocycles. The van der Waals surface area contributed by atoms with Crippen molar-refractivity contribution >= 4 is 5.78 Å². The van der Waals surface area contributed by atoms with Crippen molar-refractivity contribution < 1.29 is 9.53 Å². The molecular formula is C9H14O2. The molecule has 0 aromatic heterocycles. The normalized spacial score (nSPS) is 25.2. The van der Waals surface area contributed by atoms with E-state index < -0.39 is 0 Å². The van der Waals surface area contributed by atoms with Gasteiger partial charge in [-0.2, -0.15) is 0 Å². The van der Waals surface area contributed by atoms with E-state index in [0.29, 0.717) is 13.0 Å². The van der Waals surface area contributed by atoms with E-state index in [9.17, 15) is 4.79 Å². The van der Waals surface area contributed by atoms with Crippen LogP contribution in [0.15, 0.2) is 12.2 Å². The van der Waals surface area contributed by atoms with Crippen LogP contribution < -0.4 is 0 Å². The van der Waals surface area contributed by atoms with Crippen LogP contribution in [0.3, 0.4) is 0 Å². The average molecular weight is 154 g/mol. The van der Waals surface area contributed by atoms with Crippen molar-refractivity contribution in [1.29, 1.82) is 0 Å². The van der Waals surface area contributed by atoms with Crippen LogP contribution in [0, 0.1) is 0 Å². The second kappa shape index (κ2) is 4.29. The predicted octanol–water partition coefficient (Wildman–Crippen LogP) is 1.70. The summed E-state index contributed by atoms with van der Waals surface area (Å²) in [6, 6.07) is 0. The van der Waals surface area contributed by atoms with Crippen LogP contribution in [0.1, 0.15) is 26.2 Å². The van der Waals surface area contributed by atoms with Gasteiger partial charge in [0.2, 0.25) is 0 Å². The van der Waals surface area contributed by atoms with Gasteiger partial charge in [-0.3, -0.25) is 4.79 Å². The number of allylic oxidation sites excluding steroid dienone is 1. The summed E-state index contributed by atoms with van der Waals surface area (Å²) in [5.41, 5.74) is 0. The van der Waals surface area contributed by atoms with Crippen molar-refractivity contribution in [2.75, 3.05) is 6.61 Å². The van der Waals surface area contributed by atoms with E-state index in [0.717, 1.165) is 12.8 Å². The molecular weight excluding hydrogens is 140 g/mol. The minimum Gasteiger partial charge on any atom is -0.374 e. The maximum absolute atomic E-state index is 10.9. The Labute approximate surface area is 67.2 Å². The Kier molecular flexibility index (Phi) is 3.30. The van der Waals surface area contributed by atoms with Gasteiger partial charge >= 0.3 is 0 Å². The molecule has 0 spiro atoms. The Morgan fingerprint density at radius 3 is 3.27 bits per heavy atom. The van der Waals surface area contributed by atoms with Gasteiger partial charge in [-0.15, -0.1) is 0 Å². The van der Waals surface area contributed by atoms with E-state index >= 15 is 0 Å². The molecule has 0 saturated carbocycles. The third kappa shape index (κ3) is 2.85. The van der Waals surface area contributed by atoms with Crippen molar-refractivity contribution in [2.45, 2.75) is 32.3 Å². The van der Waals surface area contributed by atoms with Crippen molar-refractivity contribution in [3.05, 3.63) is 12.2 Å². The highest BCUT2D eigenvalue weighted by molar-refractivity contribution is 5.89. The molecule has 0 amide bonds. The fourth-order valence-corrected chi connectivity index (χ4v) is 1.13. The molecule has 2 nitrogen and oxygen atoms in total. The quantitative estimate of drug-likeness (QED) is 0.605. The van der Waals surface area contributed by atoms with Crippen LogP contribution in [0.25, 0.3) is 0 Å². The van der Waals surface area contributed by atoms with Gasteiger partial charge in [0.15, 0.2) is 5.78 Å². The van der Waals surface area contributed by atoms with Gasteiger partial charge in [-0.25, -0.2) is 0 Å². The number of hydrogen-bond acceptors (Lipinski definition) is 2. The third-order valence-corrected chi connectivity index (χ3v) is 1.75. The first-order valence-electron chi connectivity index (χ1n) is 4.15. The highest BCUT2D eigenvalue weighted by Gasteiger charge is 2.09. The Balaban J connectivity index is 2.42. The molecule has 11 heavy (non-hydrogen) atoms. The molecule has 62 valence electrons. The summed E-state index contributed by atoms with van der Waals surface area (Å²) in [5.74, 6) is 0.184. The first-order chi connectivity index (χ1) is 5.33. The average Bonchev–Trinajstić information content (AvgIpc) is 2.17. The van der Waals surface area contributed by atoms with Gasteiger partial charge in [0.25, 0.3) is 0 Å². The molecule has 0 N–H and O–H groups in total. The zero-order valence-electron chi connectivity index (χ0n) is 6.88. The van der Waals surface area contributed by atoms with Gasteiger partial charge < -0.3 is 4.74 Å². The summed E-state index contributed by atoms with van der Waals surface area (Å²) in [6.45, 7) is 2.69. The van der Waals surface area contributed by atoms with Crippen LogP contribution in [0.2, 0.25) is 0 Å². The Hall–Kier alpha value is -0.630. The van der Waals surface area contributed by atoms with E-state index in [-0.39, 0.29) is 11.9 Å². The number of carbonyl (C=O) groups excluding carboxylic acids is 1. The second-order valence-corrected chi connectivity index (χ2v) is 2.77. The van der Waals surface area contributed by atoms with Gasteiger partial charge in [-0.1, -0.05) is 19.4 Å². The van der Waals surface area contributed by atoms with Crippen LogP contribution >= 0.6 is 0 Å². The predicted molar refractivity (Wildman–Crippen MR) is 43.4 cm³/mol. The zero-order chi connectivity index (χ0) is 8.10. The second-order valence-electron chi connectivity index (χ2n) is 2.77. The van der Waals surface area contributed by atoms with Crippen molar-refractivity contribution in [1.82, 2.24) is 0 Å². The Morgan fingerprint density at radius 1 is 1.73 bits per heavy atom. The summed E-state index contributed by atoms with van der Waals surface area (Å²) >= 11 is 0. The van der Waals surface area contributed by atoms with E-state index in [1.807, 2.05) is 6.08 Å². The molecule has 0 aliphatic carbocycles. The number of rotatable bonds is 2. The summed E-state index contributed by atoms with van der Waals surface area (Å²) in [7, 11) is 0. The topological polar surface area (TPSA) is 26.3 Å². The van der Waals surface area contributed by atoms with E-state index in [1.54, 1.807) is 6.08 Å². The van der Waals surface area contributed by atoms with Crippen LogP contribution in [-0.2, 0) is 9.53 Å². The molecule has 2 heteroatoms. The van der Waals surface area contributed by atoms with Gasteiger partial charge in [0.1, 0.15) is 0 Å². The summed E-state index contributed by atoms with van der Waals surface area (Å²) < 4.78 is 5.41. The molecule has 0 fully saturated rings. The number of ether oxygens (including phenoxy) is 1. The lowest BCUT2D eigenvalue weighted by Crippen LogP contribution is -2.08. The van der Waals surface area contributed by atoms with E-state index in [2.05, 4.69) is 6.92 Å². The first kappa shape index (κ1) is 8.47. The molecule has 1 rings (SSSR count). The fraction of sp³-hybridized carbons (Fsp3) is 0.667. The Bertz CT molecular complexity index is 161. The number of hydrogen-bond donors (Lipinski definition) is 0. The van der Waals surface area contributed by atoms with Crippen molar-refractivity contribution in [3.8, 4) is 0 Å². The SMILES string of the molecule is CCCC1C=CC(=O)CCO1. The first-order valence-corrected chi connectivity index (χ1v) is 4.15. The number of carbonyl (C=O) groups is 1. The van der Waals surface area contributed by atoms with E-state index in [1.165, 1.54) is 0 Å². The molecule has 1 unspecified atom stereocenters. The lowest BCUT2D eigenvalue weighted by molar-refractivity contribution is -0.115. The summed E-state index contributed by atoms with van der Waals surface area (Å²) in [4.78, 5) is 10.9. The molecule has 0 radical (unpaired) electrons. The minimum absolute atomic E-state index is 0.173. The highest BCUT2D eigenvalue weighted by Crippen LogP contribution is 2.08.